The van der Waals surface area contributed by atoms with Gasteiger partial charge in [-0.1, -0.05) is 0 Å². The van der Waals surface area contributed by atoms with Gasteiger partial charge in [-0.3, -0.25) is 13.9 Å². The number of hydrogen-bond donors (Lipinski definition) is 2. The number of rotatable bonds is 6. The van der Waals surface area contributed by atoms with Crippen molar-refractivity contribution in [1.82, 2.24) is 0 Å². The maximum atomic E-state index is 12.3. The van der Waals surface area contributed by atoms with Crippen LogP contribution in [0.3, 0.4) is 0 Å². The molecule has 0 aliphatic rings. The van der Waals surface area contributed by atoms with Gasteiger partial charge in [-0.05, 0) is 55.5 Å². The molecule has 2 rings (SSSR count). The fraction of sp³-hybridized carbons (Fsp3) is 0.222. The minimum atomic E-state index is -3.36. The van der Waals surface area contributed by atoms with E-state index in [1.165, 1.54) is 11.2 Å². The minimum absolute atomic E-state index is 0.169. The van der Waals surface area contributed by atoms with Crippen molar-refractivity contribution in [3.8, 4) is 0 Å². The van der Waals surface area contributed by atoms with Crippen LogP contribution in [0.1, 0.15) is 24.2 Å². The fourth-order valence-corrected chi connectivity index (χ4v) is 3.40. The van der Waals surface area contributed by atoms with Crippen molar-refractivity contribution in [2.75, 3.05) is 27.7 Å². The number of benzene rings is 2. The molecule has 2 N–H and O–H groups in total. The molecular weight excluding hydrogens is 354 g/mol. The number of anilines is 3. The average Bonchev–Trinajstić information content (AvgIpc) is 2.56. The number of nitrogens with zero attached hydrogens (tertiary/aromatic N) is 1. The molecule has 2 amide bonds. The molecule has 0 heterocycles. The van der Waals surface area contributed by atoms with Gasteiger partial charge in [0.25, 0.3) is 5.91 Å². The first-order valence-electron chi connectivity index (χ1n) is 7.97. The summed E-state index contributed by atoms with van der Waals surface area (Å²) in [4.78, 5) is 23.3. The summed E-state index contributed by atoms with van der Waals surface area (Å²) in [5.41, 5.74) is 2.13. The van der Waals surface area contributed by atoms with Crippen LogP contribution < -0.4 is 14.9 Å². The monoisotopic (exact) mass is 375 g/mol. The number of carbonyl (C=O) groups is 2. The molecule has 0 unspecified atom stereocenters. The third-order valence-electron chi connectivity index (χ3n) is 3.57. The van der Waals surface area contributed by atoms with Crippen LogP contribution in [0, 0.1) is 0 Å². The summed E-state index contributed by atoms with van der Waals surface area (Å²) in [5, 5.41) is 5.39. The molecule has 2 aromatic carbocycles. The van der Waals surface area contributed by atoms with E-state index in [-0.39, 0.29) is 11.8 Å². The second-order valence-corrected chi connectivity index (χ2v) is 7.59. The van der Waals surface area contributed by atoms with Crippen LogP contribution in [0.5, 0.6) is 0 Å². The second-order valence-electron chi connectivity index (χ2n) is 5.69. The van der Waals surface area contributed by atoms with Gasteiger partial charge in [-0.2, -0.15) is 0 Å². The van der Waals surface area contributed by atoms with Crippen LogP contribution in [-0.2, 0) is 14.8 Å². The Kier molecular flexibility index (Phi) is 5.99. The van der Waals surface area contributed by atoms with Crippen LogP contribution in [0.15, 0.2) is 48.5 Å². The number of carbonyl (C=O) groups excluding carboxylic acids is 2. The van der Waals surface area contributed by atoms with E-state index in [2.05, 4.69) is 10.6 Å². The summed E-state index contributed by atoms with van der Waals surface area (Å²) in [6.45, 7) is 3.47. The Morgan fingerprint density at radius 2 is 1.42 bits per heavy atom. The molecular formula is C18H21N3O4S. The molecule has 8 heteroatoms. The van der Waals surface area contributed by atoms with Crippen LogP contribution in [0.25, 0.3) is 0 Å². The summed E-state index contributed by atoms with van der Waals surface area (Å²) in [7, 11) is -3.36. The largest absolute Gasteiger partial charge is 0.326 e. The van der Waals surface area contributed by atoms with Gasteiger partial charge in [0.2, 0.25) is 15.9 Å². The van der Waals surface area contributed by atoms with Crippen molar-refractivity contribution in [3.05, 3.63) is 54.1 Å². The van der Waals surface area contributed by atoms with Crippen LogP contribution in [0.4, 0.5) is 17.1 Å². The third kappa shape index (κ3) is 5.06. The topological polar surface area (TPSA) is 95.6 Å². The lowest BCUT2D eigenvalue weighted by Gasteiger charge is -2.20. The van der Waals surface area contributed by atoms with Gasteiger partial charge >= 0.3 is 0 Å². The predicted octanol–water partition coefficient (Wildman–Crippen LogP) is 2.68. The quantitative estimate of drug-likeness (QED) is 0.811. The lowest BCUT2D eigenvalue weighted by Crippen LogP contribution is -2.29. The summed E-state index contributed by atoms with van der Waals surface area (Å²) in [6, 6.07) is 13.1. The molecule has 0 radical (unpaired) electrons. The highest BCUT2D eigenvalue weighted by Gasteiger charge is 2.15. The van der Waals surface area contributed by atoms with E-state index in [4.69, 9.17) is 0 Å². The summed E-state index contributed by atoms with van der Waals surface area (Å²) < 4.78 is 24.7. The lowest BCUT2D eigenvalue weighted by molar-refractivity contribution is -0.114. The van der Waals surface area contributed by atoms with Gasteiger partial charge < -0.3 is 10.6 Å². The summed E-state index contributed by atoms with van der Waals surface area (Å²) in [5.74, 6) is -0.483. The van der Waals surface area contributed by atoms with Crippen molar-refractivity contribution >= 4 is 38.9 Å². The Labute approximate surface area is 153 Å². The zero-order valence-corrected chi connectivity index (χ0v) is 15.6. The maximum absolute atomic E-state index is 12.3. The van der Waals surface area contributed by atoms with Crippen molar-refractivity contribution in [2.24, 2.45) is 0 Å². The van der Waals surface area contributed by atoms with E-state index in [0.717, 1.165) is 6.26 Å². The lowest BCUT2D eigenvalue weighted by atomic mass is 10.2. The summed E-state index contributed by atoms with van der Waals surface area (Å²) >= 11 is 0. The Morgan fingerprint density at radius 1 is 0.923 bits per heavy atom. The van der Waals surface area contributed by atoms with E-state index in [1.54, 1.807) is 55.5 Å². The minimum Gasteiger partial charge on any atom is -0.326 e. The fourth-order valence-electron chi connectivity index (χ4n) is 2.43. The van der Waals surface area contributed by atoms with E-state index >= 15 is 0 Å². The van der Waals surface area contributed by atoms with Gasteiger partial charge in [0.1, 0.15) is 0 Å². The van der Waals surface area contributed by atoms with Crippen molar-refractivity contribution in [3.63, 3.8) is 0 Å². The standard InChI is InChI=1S/C18H21N3O4S/c1-4-21(26(3,24)25)17-11-5-14(6-12-17)18(23)20-16-9-7-15(8-10-16)19-13(2)22/h5-12H,4H2,1-3H3,(H,19,22)(H,20,23). The van der Waals surface area contributed by atoms with E-state index in [1.807, 2.05) is 0 Å². The highest BCUT2D eigenvalue weighted by molar-refractivity contribution is 7.92. The first kappa shape index (κ1) is 19.5. The van der Waals surface area contributed by atoms with Crippen molar-refractivity contribution in [2.45, 2.75) is 13.8 Å². The Bertz CT molecular complexity index is 891. The first-order valence-corrected chi connectivity index (χ1v) is 9.82. The molecule has 7 nitrogen and oxygen atoms in total. The third-order valence-corrected chi connectivity index (χ3v) is 4.84. The number of sulfonamides is 1. The van der Waals surface area contributed by atoms with Crippen molar-refractivity contribution < 1.29 is 18.0 Å². The van der Waals surface area contributed by atoms with Crippen LogP contribution >= 0.6 is 0 Å². The van der Waals surface area contributed by atoms with E-state index < -0.39 is 10.0 Å². The maximum Gasteiger partial charge on any atom is 0.255 e. The normalized spacial score (nSPS) is 10.9. The van der Waals surface area contributed by atoms with Gasteiger partial charge in [-0.15, -0.1) is 0 Å². The molecule has 0 fully saturated rings. The van der Waals surface area contributed by atoms with Gasteiger partial charge in [0.15, 0.2) is 0 Å². The van der Waals surface area contributed by atoms with Gasteiger partial charge in [-0.25, -0.2) is 8.42 Å². The smallest absolute Gasteiger partial charge is 0.255 e. The van der Waals surface area contributed by atoms with Gasteiger partial charge in [0, 0.05) is 30.4 Å². The predicted molar refractivity (Wildman–Crippen MR) is 103 cm³/mol. The molecule has 2 aromatic rings. The van der Waals surface area contributed by atoms with E-state index in [9.17, 15) is 18.0 Å². The Balaban J connectivity index is 2.09. The molecule has 0 saturated heterocycles. The number of hydrogen-bond acceptors (Lipinski definition) is 4. The summed E-state index contributed by atoms with van der Waals surface area (Å²) in [6.07, 6.45) is 1.14. The van der Waals surface area contributed by atoms with Crippen LogP contribution in [-0.4, -0.2) is 33.0 Å². The van der Waals surface area contributed by atoms with Crippen molar-refractivity contribution in [1.29, 1.82) is 0 Å². The number of amides is 2. The molecule has 0 saturated carbocycles. The zero-order chi connectivity index (χ0) is 19.3. The molecule has 138 valence electrons. The zero-order valence-electron chi connectivity index (χ0n) is 14.8. The highest BCUT2D eigenvalue weighted by Crippen LogP contribution is 2.19. The molecule has 0 aliphatic carbocycles. The highest BCUT2D eigenvalue weighted by atomic mass is 32.2. The molecule has 0 atom stereocenters. The second kappa shape index (κ2) is 8.01. The SMILES string of the molecule is CCN(c1ccc(C(=O)Nc2ccc(NC(C)=O)cc2)cc1)S(C)(=O)=O. The average molecular weight is 375 g/mol. The Hall–Kier alpha value is -2.87. The van der Waals surface area contributed by atoms with Crippen LogP contribution in [0.2, 0.25) is 0 Å². The molecule has 0 aliphatic heterocycles. The molecule has 0 bridgehead atoms. The Morgan fingerprint density at radius 3 is 1.85 bits per heavy atom. The first-order chi connectivity index (χ1) is 12.2. The molecule has 0 aromatic heterocycles. The number of nitrogens with one attached hydrogen (secondary N) is 2. The molecule has 26 heavy (non-hydrogen) atoms. The molecule has 0 spiro atoms. The van der Waals surface area contributed by atoms with E-state index in [0.29, 0.717) is 29.2 Å². The van der Waals surface area contributed by atoms with Gasteiger partial charge in [0.05, 0.1) is 11.9 Å².